The minimum atomic E-state index is -0.372. The first-order valence-electron chi connectivity index (χ1n) is 6.60. The molecule has 0 radical (unpaired) electrons. The highest BCUT2D eigenvalue weighted by Crippen LogP contribution is 2.38. The standard InChI is InChI=1S/C16H17NO5/c1-20-12-9-11(10-13(21-2)16(12)22-3)6-7-15(19)17-8-4-5-14(17)18/h4-7,9-10H,8H2,1-3H3/b7-6-. The van der Waals surface area contributed by atoms with Gasteiger partial charge < -0.3 is 14.2 Å². The summed E-state index contributed by atoms with van der Waals surface area (Å²) in [6, 6.07) is 3.43. The third kappa shape index (κ3) is 3.11. The summed E-state index contributed by atoms with van der Waals surface area (Å²) in [7, 11) is 4.56. The summed E-state index contributed by atoms with van der Waals surface area (Å²) in [6.45, 7) is 0.303. The zero-order valence-corrected chi connectivity index (χ0v) is 12.7. The van der Waals surface area contributed by atoms with Gasteiger partial charge in [-0.15, -0.1) is 0 Å². The zero-order valence-electron chi connectivity index (χ0n) is 12.7. The van der Waals surface area contributed by atoms with Crippen molar-refractivity contribution in [3.05, 3.63) is 35.9 Å². The Morgan fingerprint density at radius 2 is 1.77 bits per heavy atom. The molecule has 1 heterocycles. The zero-order chi connectivity index (χ0) is 16.1. The normalized spacial score (nSPS) is 13.8. The van der Waals surface area contributed by atoms with Crippen molar-refractivity contribution in [1.29, 1.82) is 0 Å². The van der Waals surface area contributed by atoms with Crippen molar-refractivity contribution < 1.29 is 23.8 Å². The lowest BCUT2D eigenvalue weighted by Crippen LogP contribution is -2.30. The van der Waals surface area contributed by atoms with Crippen molar-refractivity contribution >= 4 is 17.9 Å². The van der Waals surface area contributed by atoms with Crippen molar-refractivity contribution in [1.82, 2.24) is 4.90 Å². The Hall–Kier alpha value is -2.76. The highest BCUT2D eigenvalue weighted by atomic mass is 16.5. The van der Waals surface area contributed by atoms with E-state index in [1.807, 2.05) is 0 Å². The number of ether oxygens (including phenoxy) is 3. The van der Waals surface area contributed by atoms with Crippen molar-refractivity contribution in [2.75, 3.05) is 27.9 Å². The Bertz CT molecular complexity index is 623. The largest absolute Gasteiger partial charge is 0.493 e. The van der Waals surface area contributed by atoms with Gasteiger partial charge in [0, 0.05) is 18.7 Å². The van der Waals surface area contributed by atoms with Gasteiger partial charge in [0.15, 0.2) is 11.5 Å². The van der Waals surface area contributed by atoms with Crippen molar-refractivity contribution in [2.45, 2.75) is 0 Å². The van der Waals surface area contributed by atoms with Crippen LogP contribution in [0.15, 0.2) is 30.4 Å². The highest BCUT2D eigenvalue weighted by Gasteiger charge is 2.20. The van der Waals surface area contributed by atoms with Crippen LogP contribution >= 0.6 is 0 Å². The van der Waals surface area contributed by atoms with Gasteiger partial charge in [0.2, 0.25) is 5.75 Å². The number of hydrogen-bond acceptors (Lipinski definition) is 5. The lowest BCUT2D eigenvalue weighted by molar-refractivity contribution is -0.137. The molecule has 0 spiro atoms. The molecule has 1 aromatic rings. The molecule has 0 saturated carbocycles. The molecule has 0 aliphatic carbocycles. The fraction of sp³-hybridized carbons (Fsp3) is 0.250. The molecule has 0 saturated heterocycles. The van der Waals surface area contributed by atoms with Gasteiger partial charge in [-0.3, -0.25) is 14.5 Å². The minimum Gasteiger partial charge on any atom is -0.493 e. The van der Waals surface area contributed by atoms with E-state index < -0.39 is 0 Å². The van der Waals surface area contributed by atoms with Crippen LogP contribution in [0.3, 0.4) is 0 Å². The van der Waals surface area contributed by atoms with E-state index in [1.165, 1.54) is 33.5 Å². The number of benzene rings is 1. The highest BCUT2D eigenvalue weighted by molar-refractivity contribution is 6.08. The Balaban J connectivity index is 2.24. The monoisotopic (exact) mass is 303 g/mol. The van der Waals surface area contributed by atoms with Gasteiger partial charge in [-0.2, -0.15) is 0 Å². The molecule has 1 aliphatic rings. The Labute approximate surface area is 128 Å². The lowest BCUT2D eigenvalue weighted by atomic mass is 10.1. The Morgan fingerprint density at radius 1 is 1.14 bits per heavy atom. The van der Waals surface area contributed by atoms with Crippen LogP contribution in [0.2, 0.25) is 0 Å². The minimum absolute atomic E-state index is 0.303. The van der Waals surface area contributed by atoms with Crippen LogP contribution in [0.1, 0.15) is 5.56 Å². The van der Waals surface area contributed by atoms with E-state index in [0.29, 0.717) is 29.4 Å². The first kappa shape index (κ1) is 15.6. The van der Waals surface area contributed by atoms with Crippen LogP contribution in [0.5, 0.6) is 17.2 Å². The summed E-state index contributed by atoms with van der Waals surface area (Å²) >= 11 is 0. The quantitative estimate of drug-likeness (QED) is 0.774. The average Bonchev–Trinajstić information content (AvgIpc) is 2.97. The molecule has 2 rings (SSSR count). The molecular formula is C16H17NO5. The molecule has 6 nitrogen and oxygen atoms in total. The fourth-order valence-electron chi connectivity index (χ4n) is 2.09. The number of nitrogens with zero attached hydrogens (tertiary/aromatic N) is 1. The van der Waals surface area contributed by atoms with Gasteiger partial charge in [0.1, 0.15) is 0 Å². The molecule has 0 N–H and O–H groups in total. The van der Waals surface area contributed by atoms with E-state index >= 15 is 0 Å². The molecule has 1 aliphatic heterocycles. The molecule has 22 heavy (non-hydrogen) atoms. The van der Waals surface area contributed by atoms with Crippen LogP contribution < -0.4 is 14.2 Å². The molecule has 0 atom stereocenters. The third-order valence-electron chi connectivity index (χ3n) is 3.19. The molecule has 0 bridgehead atoms. The molecule has 0 fully saturated rings. The number of amides is 2. The van der Waals surface area contributed by atoms with Gasteiger partial charge in [0.05, 0.1) is 21.3 Å². The van der Waals surface area contributed by atoms with Crippen molar-refractivity contribution in [2.24, 2.45) is 0 Å². The van der Waals surface area contributed by atoms with E-state index in [2.05, 4.69) is 0 Å². The maximum Gasteiger partial charge on any atom is 0.253 e. The Morgan fingerprint density at radius 3 is 2.23 bits per heavy atom. The lowest BCUT2D eigenvalue weighted by Gasteiger charge is -2.13. The first-order chi connectivity index (χ1) is 10.6. The second-order valence-electron chi connectivity index (χ2n) is 4.48. The van der Waals surface area contributed by atoms with Gasteiger partial charge in [0.25, 0.3) is 11.8 Å². The summed E-state index contributed by atoms with van der Waals surface area (Å²) in [4.78, 5) is 24.5. The second-order valence-corrected chi connectivity index (χ2v) is 4.48. The predicted octanol–water partition coefficient (Wildman–Crippen LogP) is 1.65. The molecular weight excluding hydrogens is 286 g/mol. The predicted molar refractivity (Wildman–Crippen MR) is 81.0 cm³/mol. The van der Waals surface area contributed by atoms with E-state index in [0.717, 1.165) is 4.90 Å². The number of hydrogen-bond donors (Lipinski definition) is 0. The first-order valence-corrected chi connectivity index (χ1v) is 6.60. The average molecular weight is 303 g/mol. The van der Waals surface area contributed by atoms with Crippen LogP contribution in [-0.4, -0.2) is 44.6 Å². The fourth-order valence-corrected chi connectivity index (χ4v) is 2.09. The number of rotatable bonds is 5. The summed E-state index contributed by atoms with van der Waals surface area (Å²) in [5.74, 6) is 0.788. The molecule has 116 valence electrons. The summed E-state index contributed by atoms with van der Waals surface area (Å²) < 4.78 is 15.7. The van der Waals surface area contributed by atoms with E-state index in [9.17, 15) is 9.59 Å². The molecule has 1 aromatic carbocycles. The van der Waals surface area contributed by atoms with Gasteiger partial charge in [-0.1, -0.05) is 6.08 Å². The SMILES string of the molecule is COc1cc(/C=C\C(=O)N2CC=CC2=O)cc(OC)c1OC. The second kappa shape index (κ2) is 6.80. The maximum atomic E-state index is 12.0. The van der Waals surface area contributed by atoms with Gasteiger partial charge in [-0.05, 0) is 23.8 Å². The number of imide groups is 1. The summed E-state index contributed by atoms with van der Waals surface area (Å²) in [5.41, 5.74) is 0.697. The van der Waals surface area contributed by atoms with Crippen LogP contribution in [0.4, 0.5) is 0 Å². The van der Waals surface area contributed by atoms with Crippen molar-refractivity contribution in [3.63, 3.8) is 0 Å². The van der Waals surface area contributed by atoms with Gasteiger partial charge >= 0.3 is 0 Å². The molecule has 2 amide bonds. The number of carbonyl (C=O) groups is 2. The van der Waals surface area contributed by atoms with Crippen LogP contribution in [0, 0.1) is 0 Å². The van der Waals surface area contributed by atoms with E-state index in [4.69, 9.17) is 14.2 Å². The number of carbonyl (C=O) groups excluding carboxylic acids is 2. The molecule has 6 heteroatoms. The Kier molecular flexibility index (Phi) is 4.83. The maximum absolute atomic E-state index is 12.0. The smallest absolute Gasteiger partial charge is 0.253 e. The molecule has 0 unspecified atom stereocenters. The van der Waals surface area contributed by atoms with Crippen LogP contribution in [-0.2, 0) is 9.59 Å². The number of methoxy groups -OCH3 is 3. The summed E-state index contributed by atoms with van der Waals surface area (Å²) in [5, 5.41) is 0. The van der Waals surface area contributed by atoms with Gasteiger partial charge in [-0.25, -0.2) is 0 Å². The summed E-state index contributed by atoms with van der Waals surface area (Å²) in [6.07, 6.45) is 5.96. The topological polar surface area (TPSA) is 65.1 Å². The van der Waals surface area contributed by atoms with Crippen molar-refractivity contribution in [3.8, 4) is 17.2 Å². The molecule has 0 aromatic heterocycles. The van der Waals surface area contributed by atoms with Crippen LogP contribution in [0.25, 0.3) is 6.08 Å². The van der Waals surface area contributed by atoms with E-state index in [-0.39, 0.29) is 11.8 Å². The van der Waals surface area contributed by atoms with E-state index in [1.54, 1.807) is 24.3 Å². The third-order valence-corrected chi connectivity index (χ3v) is 3.19.